The molecule has 2 amide bonds. The summed E-state index contributed by atoms with van der Waals surface area (Å²) >= 11 is 3.46. The summed E-state index contributed by atoms with van der Waals surface area (Å²) in [5.41, 5.74) is 1.61. The van der Waals surface area contributed by atoms with Crippen LogP contribution in [-0.2, 0) is 5.66 Å². The summed E-state index contributed by atoms with van der Waals surface area (Å²) in [5, 5.41) is 0. The van der Waals surface area contributed by atoms with Gasteiger partial charge in [-0.3, -0.25) is 9.59 Å². The highest BCUT2D eigenvalue weighted by Gasteiger charge is 2.59. The molecule has 0 N–H and O–H groups in total. The van der Waals surface area contributed by atoms with Gasteiger partial charge in [-0.1, -0.05) is 46.3 Å². The zero-order valence-corrected chi connectivity index (χ0v) is 16.9. The third-order valence-corrected chi connectivity index (χ3v) is 6.22. The Kier molecular flexibility index (Phi) is 4.06. The molecule has 2 aliphatic heterocycles. The molecule has 29 heavy (non-hydrogen) atoms. The average molecular weight is 451 g/mol. The van der Waals surface area contributed by atoms with Crippen LogP contribution in [0, 0.1) is 5.82 Å². The molecule has 3 aromatic carbocycles. The molecule has 0 aromatic heterocycles. The first-order valence-electron chi connectivity index (χ1n) is 9.28. The Bertz CT molecular complexity index is 1130. The van der Waals surface area contributed by atoms with Crippen LogP contribution in [0.25, 0.3) is 0 Å². The van der Waals surface area contributed by atoms with Gasteiger partial charge in [0.2, 0.25) is 0 Å². The van der Waals surface area contributed by atoms with Crippen molar-refractivity contribution in [2.45, 2.75) is 5.66 Å². The first kappa shape index (κ1) is 18.1. The zero-order chi connectivity index (χ0) is 20.2. The van der Waals surface area contributed by atoms with Gasteiger partial charge in [-0.15, -0.1) is 0 Å². The van der Waals surface area contributed by atoms with Crippen molar-refractivity contribution in [1.82, 2.24) is 9.80 Å². The highest BCUT2D eigenvalue weighted by Crippen LogP contribution is 2.50. The van der Waals surface area contributed by atoms with Crippen LogP contribution >= 0.6 is 15.9 Å². The molecule has 6 heteroatoms. The average Bonchev–Trinajstić information content (AvgIpc) is 3.25. The zero-order valence-electron chi connectivity index (χ0n) is 15.3. The molecule has 4 nitrogen and oxygen atoms in total. The molecule has 5 rings (SSSR count). The van der Waals surface area contributed by atoms with Gasteiger partial charge >= 0.3 is 0 Å². The summed E-state index contributed by atoms with van der Waals surface area (Å²) in [5.74, 6) is -0.716. The maximum atomic E-state index is 13.5. The van der Waals surface area contributed by atoms with Crippen molar-refractivity contribution in [2.75, 3.05) is 13.1 Å². The molecular formula is C23H16BrFN2O2. The van der Waals surface area contributed by atoms with E-state index in [9.17, 15) is 14.0 Å². The fraction of sp³-hybridized carbons (Fsp3) is 0.130. The molecule has 144 valence electrons. The number of benzene rings is 3. The van der Waals surface area contributed by atoms with E-state index in [1.54, 1.807) is 15.9 Å². The first-order chi connectivity index (χ1) is 14.0. The molecule has 0 saturated carbocycles. The van der Waals surface area contributed by atoms with Crippen molar-refractivity contribution in [3.8, 4) is 0 Å². The van der Waals surface area contributed by atoms with Crippen molar-refractivity contribution < 1.29 is 14.0 Å². The highest BCUT2D eigenvalue weighted by atomic mass is 79.9. The van der Waals surface area contributed by atoms with E-state index in [4.69, 9.17) is 0 Å². The van der Waals surface area contributed by atoms with E-state index in [-0.39, 0.29) is 11.8 Å². The van der Waals surface area contributed by atoms with Gasteiger partial charge in [0.05, 0.1) is 0 Å². The minimum atomic E-state index is -1.01. The number of hydrogen-bond donors (Lipinski definition) is 0. The Labute approximate surface area is 175 Å². The molecule has 1 atom stereocenters. The van der Waals surface area contributed by atoms with Crippen molar-refractivity contribution in [3.05, 3.63) is 105 Å². The molecule has 0 aliphatic carbocycles. The number of carbonyl (C=O) groups is 2. The Morgan fingerprint density at radius 2 is 1.62 bits per heavy atom. The quantitative estimate of drug-likeness (QED) is 0.580. The molecule has 2 aliphatic rings. The molecule has 1 unspecified atom stereocenters. The summed E-state index contributed by atoms with van der Waals surface area (Å²) in [6.45, 7) is 0.822. The van der Waals surface area contributed by atoms with Crippen LogP contribution in [0.4, 0.5) is 4.39 Å². The number of hydrogen-bond acceptors (Lipinski definition) is 2. The number of nitrogens with zero attached hydrogens (tertiary/aromatic N) is 2. The third-order valence-electron chi connectivity index (χ3n) is 5.69. The van der Waals surface area contributed by atoms with Crippen LogP contribution in [0.1, 0.15) is 31.8 Å². The predicted molar refractivity (Wildman–Crippen MR) is 110 cm³/mol. The summed E-state index contributed by atoms with van der Waals surface area (Å²) < 4.78 is 14.3. The van der Waals surface area contributed by atoms with Crippen molar-refractivity contribution in [1.29, 1.82) is 0 Å². The molecule has 3 aromatic rings. The van der Waals surface area contributed by atoms with Gasteiger partial charge in [0.25, 0.3) is 11.8 Å². The SMILES string of the molecule is O=C(c1ccc(F)cc1)N1CCN2C(=O)c3ccccc3C12c1ccc(Br)cc1. The van der Waals surface area contributed by atoms with Gasteiger partial charge in [0, 0.05) is 39.8 Å². The summed E-state index contributed by atoms with van der Waals surface area (Å²) in [6, 6.07) is 20.6. The molecule has 0 bridgehead atoms. The van der Waals surface area contributed by atoms with E-state index in [2.05, 4.69) is 15.9 Å². The van der Waals surface area contributed by atoms with Gasteiger partial charge in [0.15, 0.2) is 5.66 Å². The lowest BCUT2D eigenvalue weighted by atomic mass is 9.89. The smallest absolute Gasteiger partial charge is 0.256 e. The molecule has 0 radical (unpaired) electrons. The van der Waals surface area contributed by atoms with Crippen LogP contribution in [0.3, 0.4) is 0 Å². The van der Waals surface area contributed by atoms with E-state index >= 15 is 0 Å². The van der Waals surface area contributed by atoms with Crippen molar-refractivity contribution in [3.63, 3.8) is 0 Å². The number of rotatable bonds is 2. The van der Waals surface area contributed by atoms with Crippen LogP contribution in [0.15, 0.2) is 77.3 Å². The summed E-state index contributed by atoms with van der Waals surface area (Å²) in [7, 11) is 0. The largest absolute Gasteiger partial charge is 0.306 e. The van der Waals surface area contributed by atoms with Crippen LogP contribution in [-0.4, -0.2) is 34.7 Å². The maximum Gasteiger partial charge on any atom is 0.256 e. The van der Waals surface area contributed by atoms with Crippen molar-refractivity contribution >= 4 is 27.7 Å². The van der Waals surface area contributed by atoms with Gasteiger partial charge < -0.3 is 9.80 Å². The van der Waals surface area contributed by atoms with E-state index in [0.717, 1.165) is 15.6 Å². The number of amides is 2. The second kappa shape index (κ2) is 6.52. The second-order valence-electron chi connectivity index (χ2n) is 7.15. The van der Waals surface area contributed by atoms with E-state index < -0.39 is 11.5 Å². The molecule has 1 saturated heterocycles. The predicted octanol–water partition coefficient (Wildman–Crippen LogP) is 4.40. The fourth-order valence-electron chi connectivity index (χ4n) is 4.47. The molecule has 1 fully saturated rings. The van der Waals surface area contributed by atoms with Crippen LogP contribution < -0.4 is 0 Å². The van der Waals surface area contributed by atoms with Crippen LogP contribution in [0.5, 0.6) is 0 Å². The van der Waals surface area contributed by atoms with Gasteiger partial charge in [-0.2, -0.15) is 0 Å². The second-order valence-corrected chi connectivity index (χ2v) is 8.06. The van der Waals surface area contributed by atoms with E-state index in [0.29, 0.717) is 24.2 Å². The number of halogens is 2. The van der Waals surface area contributed by atoms with E-state index in [1.807, 2.05) is 42.5 Å². The first-order valence-corrected chi connectivity index (χ1v) is 10.1. The lowest BCUT2D eigenvalue weighted by Gasteiger charge is -2.40. The molecule has 0 spiro atoms. The normalized spacial score (nSPS) is 20.0. The van der Waals surface area contributed by atoms with Gasteiger partial charge in [-0.05, 0) is 42.5 Å². The van der Waals surface area contributed by atoms with Gasteiger partial charge in [-0.25, -0.2) is 4.39 Å². The Hall–Kier alpha value is -2.99. The number of fused-ring (bicyclic) bond motifs is 3. The summed E-state index contributed by atoms with van der Waals surface area (Å²) in [6.07, 6.45) is 0. The third kappa shape index (κ3) is 2.48. The Morgan fingerprint density at radius 1 is 0.931 bits per heavy atom. The minimum absolute atomic E-state index is 0.0853. The maximum absolute atomic E-state index is 13.5. The van der Waals surface area contributed by atoms with E-state index in [1.165, 1.54) is 24.3 Å². The standard InChI is InChI=1S/C23H16BrFN2O2/c24-17-9-7-16(8-10-17)23-20-4-2-1-3-19(20)22(29)27(23)14-13-26(23)21(28)15-5-11-18(25)12-6-15/h1-12H,13-14H2. The lowest BCUT2D eigenvalue weighted by Crippen LogP contribution is -2.51. The minimum Gasteiger partial charge on any atom is -0.306 e. The van der Waals surface area contributed by atoms with Crippen LogP contribution in [0.2, 0.25) is 0 Å². The fourth-order valence-corrected chi connectivity index (χ4v) is 4.74. The molecule has 2 heterocycles. The topological polar surface area (TPSA) is 40.6 Å². The Morgan fingerprint density at radius 3 is 2.34 bits per heavy atom. The Balaban J connectivity index is 1.74. The summed E-state index contributed by atoms with van der Waals surface area (Å²) in [4.78, 5) is 30.2. The molecular weight excluding hydrogens is 435 g/mol. The van der Waals surface area contributed by atoms with Crippen molar-refractivity contribution in [2.24, 2.45) is 0 Å². The lowest BCUT2D eigenvalue weighted by molar-refractivity contribution is 0.0375. The monoisotopic (exact) mass is 450 g/mol. The highest BCUT2D eigenvalue weighted by molar-refractivity contribution is 9.10. The number of carbonyl (C=O) groups excluding carboxylic acids is 2. The van der Waals surface area contributed by atoms with Gasteiger partial charge in [0.1, 0.15) is 5.82 Å².